The third-order valence-electron chi connectivity index (χ3n) is 0.262. The van der Waals surface area contributed by atoms with E-state index in [9.17, 15) is 4.79 Å². The van der Waals surface area contributed by atoms with E-state index in [1.54, 1.807) is 10.9 Å². The fourth-order valence-electron chi connectivity index (χ4n) is 0.0417. The first-order valence-corrected chi connectivity index (χ1v) is 1.78. The van der Waals surface area contributed by atoms with Crippen molar-refractivity contribution in [2.45, 2.75) is 0 Å². The van der Waals surface area contributed by atoms with Gasteiger partial charge in [0.05, 0.1) is 0 Å². The zero-order chi connectivity index (χ0) is 6.99. The highest BCUT2D eigenvalue weighted by molar-refractivity contribution is 5.72. The van der Waals surface area contributed by atoms with Gasteiger partial charge in [-0.1, -0.05) is 0 Å². The van der Waals surface area contributed by atoms with Gasteiger partial charge in [0, 0.05) is 0 Å². The molecule has 0 unspecified atom stereocenters. The number of hydrogen-bond acceptors (Lipinski definition) is 3. The van der Waals surface area contributed by atoms with Gasteiger partial charge in [-0.25, -0.2) is 16.5 Å². The van der Waals surface area contributed by atoms with E-state index < -0.39 is 6.03 Å². The number of carbonyl (C=O) groups excluding carboxylic acids is 1. The number of amides is 2. The van der Waals surface area contributed by atoms with Crippen LogP contribution >= 0.6 is 0 Å². The van der Waals surface area contributed by atoms with Crippen LogP contribution in [0.15, 0.2) is 13.2 Å². The van der Waals surface area contributed by atoms with Gasteiger partial charge in [0.25, 0.3) is 0 Å². The normalized spacial score (nSPS) is 5.75. The van der Waals surface area contributed by atoms with Gasteiger partial charge in [-0.15, -0.1) is 13.2 Å². The molecule has 0 bridgehead atoms. The second-order valence-corrected chi connectivity index (χ2v) is 0.618. The maximum Gasteiger partial charge on any atom is 0.343 e. The second kappa shape index (κ2) is 9.33. The molecular formula is C3H10N4O. The Balaban J connectivity index is 0. The van der Waals surface area contributed by atoms with Crippen LogP contribution in [-0.4, -0.2) is 6.03 Å². The van der Waals surface area contributed by atoms with Crippen LogP contribution in [0.25, 0.3) is 0 Å². The van der Waals surface area contributed by atoms with E-state index in [1.165, 1.54) is 0 Å². The lowest BCUT2D eigenvalue weighted by Crippen LogP contribution is -2.43. The van der Waals surface area contributed by atoms with E-state index in [0.29, 0.717) is 0 Å². The van der Waals surface area contributed by atoms with Crippen molar-refractivity contribution in [3.8, 4) is 0 Å². The van der Waals surface area contributed by atoms with Crippen LogP contribution < -0.4 is 22.5 Å². The van der Waals surface area contributed by atoms with Crippen LogP contribution in [0, 0.1) is 0 Å². The lowest BCUT2D eigenvalue weighted by Gasteiger charge is -1.90. The molecule has 0 fully saturated rings. The minimum Gasteiger partial charge on any atom is -0.275 e. The third-order valence-corrected chi connectivity index (χ3v) is 0.262. The molecule has 5 nitrogen and oxygen atoms in total. The molecule has 5 heteroatoms. The summed E-state index contributed by atoms with van der Waals surface area (Å²) >= 11 is 0. The highest BCUT2D eigenvalue weighted by atomic mass is 16.2. The maximum absolute atomic E-state index is 9.71. The molecule has 0 spiro atoms. The van der Waals surface area contributed by atoms with Gasteiger partial charge in [0.1, 0.15) is 0 Å². The third kappa shape index (κ3) is 8.87. The average molecular weight is 118 g/mol. The van der Waals surface area contributed by atoms with Crippen molar-refractivity contribution in [3.05, 3.63) is 13.2 Å². The number of hydrazine groups is 2. The lowest BCUT2D eigenvalue weighted by atomic mass is 11.1. The van der Waals surface area contributed by atoms with Crippen LogP contribution in [-0.2, 0) is 0 Å². The molecule has 0 rings (SSSR count). The Bertz CT molecular complexity index is 58.3. The predicted molar refractivity (Wildman–Crippen MR) is 31.3 cm³/mol. The topological polar surface area (TPSA) is 93.2 Å². The van der Waals surface area contributed by atoms with Crippen LogP contribution in [0.4, 0.5) is 4.79 Å². The van der Waals surface area contributed by atoms with Crippen molar-refractivity contribution in [2.24, 2.45) is 11.7 Å². The van der Waals surface area contributed by atoms with Gasteiger partial charge in [-0.3, -0.25) is 10.9 Å². The molecule has 0 aromatic heterocycles. The van der Waals surface area contributed by atoms with Crippen molar-refractivity contribution in [3.63, 3.8) is 0 Å². The number of nitrogens with two attached hydrogens (primary N) is 2. The Hall–Kier alpha value is -1.07. The van der Waals surface area contributed by atoms with E-state index in [2.05, 4.69) is 24.8 Å². The largest absolute Gasteiger partial charge is 0.343 e. The van der Waals surface area contributed by atoms with Gasteiger partial charge in [-0.2, -0.15) is 0 Å². The molecule has 48 valence electrons. The molecule has 0 atom stereocenters. The van der Waals surface area contributed by atoms with Gasteiger partial charge < -0.3 is 0 Å². The standard InChI is InChI=1S/C2H4.CH6N4O/c1-2;2-4-1(6)5-3/h1-2H2;2-3H2,(H2,4,5,6). The summed E-state index contributed by atoms with van der Waals surface area (Å²) in [5.74, 6) is 9.08. The van der Waals surface area contributed by atoms with E-state index in [0.717, 1.165) is 0 Å². The molecule has 0 saturated carbocycles. The zero-order valence-electron chi connectivity index (χ0n) is 4.48. The molecule has 0 aliphatic rings. The number of carbonyl (C=O) groups is 1. The van der Waals surface area contributed by atoms with Gasteiger partial charge >= 0.3 is 6.03 Å². The fraction of sp³-hybridized carbons (Fsp3) is 0. The first-order valence-electron chi connectivity index (χ1n) is 1.78. The van der Waals surface area contributed by atoms with E-state index >= 15 is 0 Å². The van der Waals surface area contributed by atoms with Crippen molar-refractivity contribution in [2.75, 3.05) is 0 Å². The summed E-state index contributed by atoms with van der Waals surface area (Å²) in [6, 6.07) is -0.602. The number of urea groups is 1. The van der Waals surface area contributed by atoms with Crippen molar-refractivity contribution in [1.82, 2.24) is 10.9 Å². The molecule has 0 aliphatic carbocycles. The lowest BCUT2D eigenvalue weighted by molar-refractivity contribution is 0.241. The van der Waals surface area contributed by atoms with Crippen LogP contribution in [0.3, 0.4) is 0 Å². The van der Waals surface area contributed by atoms with Crippen molar-refractivity contribution >= 4 is 6.03 Å². The fourth-order valence-corrected chi connectivity index (χ4v) is 0.0417. The quantitative estimate of drug-likeness (QED) is 0.140. The summed E-state index contributed by atoms with van der Waals surface area (Å²) < 4.78 is 0. The molecule has 8 heavy (non-hydrogen) atoms. The summed E-state index contributed by atoms with van der Waals surface area (Å²) in [6.07, 6.45) is 0. The molecule has 0 aliphatic heterocycles. The SMILES string of the molecule is C=C.NNC(=O)NN. The van der Waals surface area contributed by atoms with Crippen molar-refractivity contribution in [1.29, 1.82) is 0 Å². The molecule has 0 radical (unpaired) electrons. The summed E-state index contributed by atoms with van der Waals surface area (Å²) in [6.45, 7) is 6.00. The molecule has 0 aromatic rings. The molecule has 0 saturated heterocycles. The van der Waals surface area contributed by atoms with Crippen molar-refractivity contribution < 1.29 is 4.79 Å². The summed E-state index contributed by atoms with van der Waals surface area (Å²) in [5, 5.41) is 0. The Kier molecular flexibility index (Phi) is 11.7. The van der Waals surface area contributed by atoms with E-state index in [-0.39, 0.29) is 0 Å². The van der Waals surface area contributed by atoms with Crippen LogP contribution in [0.2, 0.25) is 0 Å². The average Bonchev–Trinajstić information content (AvgIpc) is 1.91. The Morgan fingerprint density at radius 2 is 1.50 bits per heavy atom. The summed E-state index contributed by atoms with van der Waals surface area (Å²) in [5.41, 5.74) is 3.48. The first kappa shape index (κ1) is 10.0. The van der Waals surface area contributed by atoms with Crippen LogP contribution in [0.1, 0.15) is 0 Å². The predicted octanol–water partition coefficient (Wildman–Crippen LogP) is -1.16. The molecule has 6 N–H and O–H groups in total. The zero-order valence-corrected chi connectivity index (χ0v) is 4.48. The smallest absolute Gasteiger partial charge is 0.275 e. The molecule has 0 heterocycles. The number of hydrogen-bond donors (Lipinski definition) is 4. The van der Waals surface area contributed by atoms with Gasteiger partial charge in [0.15, 0.2) is 0 Å². The van der Waals surface area contributed by atoms with Crippen LogP contribution in [0.5, 0.6) is 0 Å². The molecular weight excluding hydrogens is 108 g/mol. The highest BCUT2D eigenvalue weighted by Crippen LogP contribution is 1.42. The summed E-state index contributed by atoms with van der Waals surface area (Å²) in [7, 11) is 0. The Morgan fingerprint density at radius 1 is 1.25 bits per heavy atom. The maximum atomic E-state index is 9.71. The molecule has 0 aromatic carbocycles. The minimum atomic E-state index is -0.602. The van der Waals surface area contributed by atoms with E-state index in [1.807, 2.05) is 0 Å². The Labute approximate surface area is 47.7 Å². The Morgan fingerprint density at radius 3 is 1.50 bits per heavy atom. The number of rotatable bonds is 0. The highest BCUT2D eigenvalue weighted by Gasteiger charge is 1.82. The van der Waals surface area contributed by atoms with Gasteiger partial charge in [0.2, 0.25) is 0 Å². The second-order valence-electron chi connectivity index (χ2n) is 0.618. The molecule has 2 amide bonds. The minimum absolute atomic E-state index is 0.602. The number of nitrogens with one attached hydrogen (secondary N) is 2. The van der Waals surface area contributed by atoms with Gasteiger partial charge in [-0.05, 0) is 0 Å². The van der Waals surface area contributed by atoms with E-state index in [4.69, 9.17) is 0 Å². The summed E-state index contributed by atoms with van der Waals surface area (Å²) in [4.78, 5) is 9.71. The first-order chi connectivity index (χ1) is 3.81. The monoisotopic (exact) mass is 118 g/mol.